The average molecular weight is 459 g/mol. The molecule has 2 heterocycles. The van der Waals surface area contributed by atoms with Crippen LogP contribution in [0.4, 0.5) is 11.4 Å². The molecule has 1 spiro atoms. The summed E-state index contributed by atoms with van der Waals surface area (Å²) < 4.78 is 0. The number of amides is 1. The van der Waals surface area contributed by atoms with Crippen LogP contribution in [-0.2, 0) is 15.0 Å². The molecule has 0 saturated carbocycles. The SMILES string of the molecule is CN1C(=O)C2(C(C#N)=C(N)N(c3ccccc3Cl)C3=C2C(=O)CC(C)(C)C3)c2ccccc21. The first-order valence-corrected chi connectivity index (χ1v) is 11.1. The van der Waals surface area contributed by atoms with Crippen LogP contribution in [0.1, 0.15) is 32.3 Å². The number of Topliss-reactive ketones (excluding diaryl/α,β-unsaturated/α-hetero) is 1. The van der Waals surface area contributed by atoms with Crippen molar-refractivity contribution in [1.29, 1.82) is 5.26 Å². The second-order valence-electron chi connectivity index (χ2n) is 9.55. The minimum absolute atomic E-state index is 0.0519. The molecule has 0 aromatic heterocycles. The van der Waals surface area contributed by atoms with E-state index < -0.39 is 5.41 Å². The van der Waals surface area contributed by atoms with E-state index in [9.17, 15) is 14.9 Å². The predicted molar refractivity (Wildman–Crippen MR) is 127 cm³/mol. The van der Waals surface area contributed by atoms with Crippen molar-refractivity contribution >= 4 is 34.7 Å². The van der Waals surface area contributed by atoms with Crippen molar-refractivity contribution in [2.24, 2.45) is 11.1 Å². The summed E-state index contributed by atoms with van der Waals surface area (Å²) in [6.07, 6.45) is 0.765. The maximum absolute atomic E-state index is 14.0. The van der Waals surface area contributed by atoms with Gasteiger partial charge in [-0.05, 0) is 30.0 Å². The molecule has 6 nitrogen and oxygen atoms in total. The zero-order valence-corrected chi connectivity index (χ0v) is 19.4. The summed E-state index contributed by atoms with van der Waals surface area (Å²) in [5.74, 6) is -0.382. The Kier molecular flexibility index (Phi) is 4.50. The standard InChI is InChI=1S/C26H23ClN4O2/c1-25(2)12-20-22(21(32)13-25)26(15-8-4-6-10-18(15)30(3)24(26)33)16(14-28)23(29)31(20)19-11-7-5-9-17(19)27/h4-11H,12-13,29H2,1-3H3. The summed E-state index contributed by atoms with van der Waals surface area (Å²) in [6.45, 7) is 4.03. The van der Waals surface area contributed by atoms with Crippen molar-refractivity contribution in [3.63, 3.8) is 0 Å². The van der Waals surface area contributed by atoms with Crippen LogP contribution < -0.4 is 15.5 Å². The van der Waals surface area contributed by atoms with Crippen molar-refractivity contribution in [2.75, 3.05) is 16.8 Å². The first-order valence-electron chi connectivity index (χ1n) is 10.7. The molecule has 1 atom stereocenters. The Hall–Kier alpha value is -3.56. The van der Waals surface area contributed by atoms with Gasteiger partial charge < -0.3 is 10.6 Å². The number of benzene rings is 2. The van der Waals surface area contributed by atoms with Gasteiger partial charge in [0.1, 0.15) is 17.3 Å². The molecule has 0 fully saturated rings. The van der Waals surface area contributed by atoms with Gasteiger partial charge in [-0.15, -0.1) is 0 Å². The third-order valence-electron chi connectivity index (χ3n) is 6.87. The van der Waals surface area contributed by atoms with Gasteiger partial charge in [0.25, 0.3) is 0 Å². The fraction of sp³-hybridized carbons (Fsp3) is 0.269. The zero-order valence-electron chi connectivity index (χ0n) is 18.6. The number of nitriles is 1. The Morgan fingerprint density at radius 1 is 1.03 bits per heavy atom. The maximum atomic E-state index is 14.0. The number of rotatable bonds is 1. The number of hydrogen-bond donors (Lipinski definition) is 1. The molecule has 2 aromatic rings. The van der Waals surface area contributed by atoms with Crippen LogP contribution >= 0.6 is 11.6 Å². The Morgan fingerprint density at radius 2 is 1.67 bits per heavy atom. The predicted octanol–water partition coefficient (Wildman–Crippen LogP) is 4.41. The number of likely N-dealkylation sites (N-methyl/N-ethyl adjacent to an activating group) is 1. The van der Waals surface area contributed by atoms with Crippen LogP contribution in [0, 0.1) is 16.7 Å². The Bertz CT molecular complexity index is 1350. The smallest absolute Gasteiger partial charge is 0.247 e. The van der Waals surface area contributed by atoms with Gasteiger partial charge in [-0.25, -0.2) is 0 Å². The van der Waals surface area contributed by atoms with Crippen LogP contribution in [0.2, 0.25) is 5.02 Å². The average Bonchev–Trinajstić information content (AvgIpc) is 2.97. The number of carbonyl (C=O) groups is 2. The first kappa shape index (κ1) is 21.3. The molecule has 0 radical (unpaired) electrons. The molecule has 33 heavy (non-hydrogen) atoms. The third-order valence-corrected chi connectivity index (χ3v) is 7.19. The van der Waals surface area contributed by atoms with Crippen LogP contribution in [0.5, 0.6) is 0 Å². The van der Waals surface area contributed by atoms with Gasteiger partial charge in [-0.3, -0.25) is 14.5 Å². The minimum Gasteiger partial charge on any atom is -0.384 e. The molecule has 166 valence electrons. The molecule has 1 unspecified atom stereocenters. The van der Waals surface area contributed by atoms with Gasteiger partial charge in [0.15, 0.2) is 5.78 Å². The number of para-hydroxylation sites is 2. The lowest BCUT2D eigenvalue weighted by Gasteiger charge is -2.47. The van der Waals surface area contributed by atoms with Crippen LogP contribution in [0.15, 0.2) is 71.2 Å². The summed E-state index contributed by atoms with van der Waals surface area (Å²) in [7, 11) is 1.67. The first-order chi connectivity index (χ1) is 15.6. The number of allylic oxidation sites excluding steroid dienone is 1. The lowest BCUT2D eigenvalue weighted by atomic mass is 9.60. The van der Waals surface area contributed by atoms with E-state index in [0.29, 0.717) is 39.7 Å². The summed E-state index contributed by atoms with van der Waals surface area (Å²) in [4.78, 5) is 31.0. The summed E-state index contributed by atoms with van der Waals surface area (Å²) in [5.41, 5.74) is 7.64. The third kappa shape index (κ3) is 2.66. The van der Waals surface area contributed by atoms with E-state index >= 15 is 0 Å². The second kappa shape index (κ2) is 6.97. The van der Waals surface area contributed by atoms with Gasteiger partial charge in [0.05, 0.1) is 16.3 Å². The van der Waals surface area contributed by atoms with Crippen molar-refractivity contribution in [3.05, 3.63) is 81.8 Å². The lowest BCUT2D eigenvalue weighted by Crippen LogP contribution is -2.53. The Labute approximate surface area is 197 Å². The number of nitrogens with two attached hydrogens (primary N) is 1. The van der Waals surface area contributed by atoms with Gasteiger partial charge in [0, 0.05) is 36.0 Å². The van der Waals surface area contributed by atoms with E-state index in [0.717, 1.165) is 0 Å². The highest BCUT2D eigenvalue weighted by Crippen LogP contribution is 2.58. The number of ketones is 1. The molecule has 0 saturated heterocycles. The van der Waals surface area contributed by atoms with Crippen molar-refractivity contribution in [1.82, 2.24) is 0 Å². The van der Waals surface area contributed by atoms with Gasteiger partial charge in [0.2, 0.25) is 5.91 Å². The molecule has 1 amide bonds. The van der Waals surface area contributed by atoms with E-state index in [2.05, 4.69) is 6.07 Å². The number of halogens is 1. The van der Waals surface area contributed by atoms with Gasteiger partial charge in [-0.1, -0.05) is 55.8 Å². The zero-order chi connectivity index (χ0) is 23.7. The topological polar surface area (TPSA) is 90.4 Å². The van der Waals surface area contributed by atoms with E-state index in [-0.39, 0.29) is 34.9 Å². The Morgan fingerprint density at radius 3 is 2.33 bits per heavy atom. The van der Waals surface area contributed by atoms with E-state index in [1.807, 2.05) is 44.2 Å². The number of fused-ring (bicyclic) bond motifs is 3. The van der Waals surface area contributed by atoms with Crippen molar-refractivity contribution in [2.45, 2.75) is 32.1 Å². The minimum atomic E-state index is -1.56. The Balaban J connectivity index is 1.94. The van der Waals surface area contributed by atoms with Crippen LogP contribution in [0.25, 0.3) is 0 Å². The van der Waals surface area contributed by atoms with Crippen molar-refractivity contribution in [3.8, 4) is 6.07 Å². The lowest BCUT2D eigenvalue weighted by molar-refractivity contribution is -0.124. The molecule has 2 N–H and O–H groups in total. The molecular weight excluding hydrogens is 436 g/mol. The molecule has 5 rings (SSSR count). The number of hydrogen-bond acceptors (Lipinski definition) is 5. The second-order valence-corrected chi connectivity index (χ2v) is 9.96. The molecule has 1 aliphatic carbocycles. The fourth-order valence-corrected chi connectivity index (χ4v) is 5.79. The van der Waals surface area contributed by atoms with Crippen molar-refractivity contribution < 1.29 is 9.59 Å². The van der Waals surface area contributed by atoms with E-state index in [1.54, 1.807) is 30.1 Å². The largest absolute Gasteiger partial charge is 0.384 e. The highest BCUT2D eigenvalue weighted by Gasteiger charge is 2.62. The highest BCUT2D eigenvalue weighted by atomic mass is 35.5. The molecule has 2 aromatic carbocycles. The summed E-state index contributed by atoms with van der Waals surface area (Å²) >= 11 is 6.55. The van der Waals surface area contributed by atoms with E-state index in [4.69, 9.17) is 17.3 Å². The monoisotopic (exact) mass is 458 g/mol. The molecule has 2 aliphatic heterocycles. The van der Waals surface area contributed by atoms with Crippen LogP contribution in [-0.4, -0.2) is 18.7 Å². The highest BCUT2D eigenvalue weighted by molar-refractivity contribution is 6.33. The quantitative estimate of drug-likeness (QED) is 0.683. The van der Waals surface area contributed by atoms with E-state index in [1.165, 1.54) is 4.90 Å². The summed E-state index contributed by atoms with van der Waals surface area (Å²) in [5, 5.41) is 10.8. The number of carbonyl (C=O) groups excluding carboxylic acids is 2. The number of anilines is 2. The normalized spacial score (nSPS) is 23.7. The molecule has 0 bridgehead atoms. The van der Waals surface area contributed by atoms with Crippen LogP contribution in [0.3, 0.4) is 0 Å². The van der Waals surface area contributed by atoms with Gasteiger partial charge in [-0.2, -0.15) is 5.26 Å². The fourth-order valence-electron chi connectivity index (χ4n) is 5.57. The number of nitrogens with zero attached hydrogens (tertiary/aromatic N) is 3. The molecular formula is C26H23ClN4O2. The molecule has 7 heteroatoms. The molecule has 3 aliphatic rings. The summed E-state index contributed by atoms with van der Waals surface area (Å²) in [6, 6.07) is 16.7. The maximum Gasteiger partial charge on any atom is 0.247 e. The van der Waals surface area contributed by atoms with Gasteiger partial charge >= 0.3 is 0 Å².